The van der Waals surface area contributed by atoms with Crippen molar-refractivity contribution in [1.82, 2.24) is 9.97 Å². The molecule has 18 heavy (non-hydrogen) atoms. The predicted octanol–water partition coefficient (Wildman–Crippen LogP) is 1.51. The average Bonchev–Trinajstić information content (AvgIpc) is 2.27. The minimum Gasteiger partial charge on any atom is -0.309 e. The Morgan fingerprint density at radius 3 is 2.50 bits per heavy atom. The van der Waals surface area contributed by atoms with Crippen molar-refractivity contribution in [3.8, 4) is 6.07 Å². The third-order valence-electron chi connectivity index (χ3n) is 2.27. The van der Waals surface area contributed by atoms with E-state index in [-0.39, 0.29) is 17.8 Å². The van der Waals surface area contributed by atoms with E-state index in [0.717, 1.165) is 24.4 Å². The Balaban J connectivity index is 2.32. The fraction of sp³-hybridized carbons (Fsp3) is 0.0833. The Morgan fingerprint density at radius 1 is 1.28 bits per heavy atom. The van der Waals surface area contributed by atoms with Crippen LogP contribution < -0.4 is 5.56 Å². The third-order valence-corrected chi connectivity index (χ3v) is 2.27. The van der Waals surface area contributed by atoms with Crippen molar-refractivity contribution >= 4 is 0 Å². The van der Waals surface area contributed by atoms with Gasteiger partial charge in [0.2, 0.25) is 0 Å². The standard InChI is InChI=1S/C12H7F2N3O/c13-9-1-7(2-10(14)4-9)3-11-16-6-8(5-15)12(18)17-11/h1-2,4,6H,3H2,(H,16,17,18). The Morgan fingerprint density at radius 2 is 1.94 bits per heavy atom. The molecule has 1 N–H and O–H groups in total. The van der Waals surface area contributed by atoms with Crippen molar-refractivity contribution < 1.29 is 8.78 Å². The van der Waals surface area contributed by atoms with Gasteiger partial charge >= 0.3 is 0 Å². The lowest BCUT2D eigenvalue weighted by Gasteiger charge is -2.02. The number of aromatic nitrogens is 2. The lowest BCUT2D eigenvalue weighted by molar-refractivity contribution is 0.580. The van der Waals surface area contributed by atoms with Crippen LogP contribution in [-0.4, -0.2) is 9.97 Å². The molecular weight excluding hydrogens is 240 g/mol. The van der Waals surface area contributed by atoms with E-state index in [9.17, 15) is 13.6 Å². The largest absolute Gasteiger partial charge is 0.309 e. The number of nitrogens with zero attached hydrogens (tertiary/aromatic N) is 2. The molecule has 1 heterocycles. The molecule has 0 bridgehead atoms. The maximum Gasteiger partial charge on any atom is 0.268 e. The van der Waals surface area contributed by atoms with Gasteiger partial charge < -0.3 is 4.98 Å². The van der Waals surface area contributed by atoms with E-state index in [2.05, 4.69) is 9.97 Å². The van der Waals surface area contributed by atoms with Crippen LogP contribution in [0.4, 0.5) is 8.78 Å². The summed E-state index contributed by atoms with van der Waals surface area (Å²) in [5, 5.41) is 8.56. The molecule has 0 aliphatic carbocycles. The summed E-state index contributed by atoms with van der Waals surface area (Å²) in [5.41, 5.74) is -0.330. The van der Waals surface area contributed by atoms with Gasteiger partial charge in [-0.05, 0) is 17.7 Å². The molecule has 0 saturated heterocycles. The van der Waals surface area contributed by atoms with Crippen molar-refractivity contribution in [2.24, 2.45) is 0 Å². The van der Waals surface area contributed by atoms with Gasteiger partial charge in [0.05, 0.1) is 6.20 Å². The van der Waals surface area contributed by atoms with Crippen LogP contribution in [0, 0.1) is 23.0 Å². The Labute approximate surface area is 101 Å². The van der Waals surface area contributed by atoms with Crippen molar-refractivity contribution in [1.29, 1.82) is 5.26 Å². The van der Waals surface area contributed by atoms with Crippen LogP contribution in [0.2, 0.25) is 0 Å². The molecule has 0 fully saturated rings. The van der Waals surface area contributed by atoms with E-state index in [1.165, 1.54) is 0 Å². The normalized spacial score (nSPS) is 10.1. The first-order valence-corrected chi connectivity index (χ1v) is 5.02. The van der Waals surface area contributed by atoms with E-state index in [1.54, 1.807) is 6.07 Å². The number of halogens is 2. The highest BCUT2D eigenvalue weighted by molar-refractivity contribution is 5.25. The van der Waals surface area contributed by atoms with Gasteiger partial charge in [-0.15, -0.1) is 0 Å². The highest BCUT2D eigenvalue weighted by atomic mass is 19.1. The Hall–Kier alpha value is -2.55. The zero-order valence-corrected chi connectivity index (χ0v) is 9.08. The lowest BCUT2D eigenvalue weighted by Crippen LogP contribution is -2.14. The van der Waals surface area contributed by atoms with Crippen LogP contribution in [0.5, 0.6) is 0 Å². The van der Waals surface area contributed by atoms with Crippen LogP contribution in [0.1, 0.15) is 17.0 Å². The van der Waals surface area contributed by atoms with Crippen molar-refractivity contribution in [2.75, 3.05) is 0 Å². The number of rotatable bonds is 2. The second kappa shape index (κ2) is 4.75. The average molecular weight is 247 g/mol. The topological polar surface area (TPSA) is 69.5 Å². The fourth-order valence-corrected chi connectivity index (χ4v) is 1.51. The first kappa shape index (κ1) is 11.9. The second-order valence-corrected chi connectivity index (χ2v) is 3.64. The number of hydrogen-bond acceptors (Lipinski definition) is 3. The molecule has 4 nitrogen and oxygen atoms in total. The van der Waals surface area contributed by atoms with E-state index in [0.29, 0.717) is 5.56 Å². The second-order valence-electron chi connectivity index (χ2n) is 3.64. The van der Waals surface area contributed by atoms with Crippen LogP contribution in [-0.2, 0) is 6.42 Å². The van der Waals surface area contributed by atoms with Crippen LogP contribution >= 0.6 is 0 Å². The first-order chi connectivity index (χ1) is 8.58. The molecule has 1 aromatic carbocycles. The summed E-state index contributed by atoms with van der Waals surface area (Å²) in [5.74, 6) is -1.15. The highest BCUT2D eigenvalue weighted by Gasteiger charge is 2.05. The molecule has 0 atom stereocenters. The first-order valence-electron chi connectivity index (χ1n) is 5.02. The van der Waals surface area contributed by atoms with Gasteiger partial charge in [0, 0.05) is 12.5 Å². The molecule has 0 amide bonds. The van der Waals surface area contributed by atoms with Gasteiger partial charge in [-0.1, -0.05) is 0 Å². The third kappa shape index (κ3) is 2.58. The van der Waals surface area contributed by atoms with Gasteiger partial charge in [-0.2, -0.15) is 5.26 Å². The molecule has 90 valence electrons. The van der Waals surface area contributed by atoms with Gasteiger partial charge in [0.1, 0.15) is 29.1 Å². The maximum absolute atomic E-state index is 13.0. The number of hydrogen-bond donors (Lipinski definition) is 1. The summed E-state index contributed by atoms with van der Waals surface area (Å²) in [7, 11) is 0. The molecule has 0 saturated carbocycles. The number of H-pyrrole nitrogens is 1. The molecule has 0 unspecified atom stereocenters. The van der Waals surface area contributed by atoms with Gasteiger partial charge in [0.25, 0.3) is 5.56 Å². The molecule has 0 aliphatic rings. The van der Waals surface area contributed by atoms with E-state index >= 15 is 0 Å². The highest BCUT2D eigenvalue weighted by Crippen LogP contribution is 2.10. The summed E-state index contributed by atoms with van der Waals surface area (Å²) in [4.78, 5) is 17.6. The Bertz CT molecular complexity index is 668. The molecule has 2 rings (SSSR count). The number of nitrogens with one attached hydrogen (secondary N) is 1. The van der Waals surface area contributed by atoms with Crippen LogP contribution in [0.25, 0.3) is 0 Å². The number of aromatic amines is 1. The monoisotopic (exact) mass is 247 g/mol. The summed E-state index contributed by atoms with van der Waals surface area (Å²) >= 11 is 0. The predicted molar refractivity (Wildman–Crippen MR) is 58.7 cm³/mol. The lowest BCUT2D eigenvalue weighted by atomic mass is 10.1. The zero-order chi connectivity index (χ0) is 13.1. The summed E-state index contributed by atoms with van der Waals surface area (Å²) in [6, 6.07) is 4.75. The SMILES string of the molecule is N#Cc1cnc(Cc2cc(F)cc(F)c2)[nH]c1=O. The molecule has 6 heteroatoms. The van der Waals surface area contributed by atoms with Gasteiger partial charge in [0.15, 0.2) is 0 Å². The fourth-order valence-electron chi connectivity index (χ4n) is 1.51. The minimum atomic E-state index is -0.694. The van der Waals surface area contributed by atoms with Crippen LogP contribution in [0.15, 0.2) is 29.2 Å². The molecule has 2 aromatic rings. The molecule has 0 aliphatic heterocycles. The van der Waals surface area contributed by atoms with Crippen molar-refractivity contribution in [2.45, 2.75) is 6.42 Å². The molecular formula is C12H7F2N3O. The summed E-state index contributed by atoms with van der Waals surface area (Å²) < 4.78 is 25.9. The minimum absolute atomic E-state index is 0.0790. The van der Waals surface area contributed by atoms with E-state index in [4.69, 9.17) is 5.26 Å². The Kier molecular flexibility index (Phi) is 3.15. The van der Waals surface area contributed by atoms with E-state index < -0.39 is 17.2 Å². The van der Waals surface area contributed by atoms with Crippen molar-refractivity contribution in [3.63, 3.8) is 0 Å². The molecule has 1 aromatic heterocycles. The number of nitriles is 1. The number of benzene rings is 1. The smallest absolute Gasteiger partial charge is 0.268 e. The molecule has 0 spiro atoms. The van der Waals surface area contributed by atoms with E-state index in [1.807, 2.05) is 0 Å². The van der Waals surface area contributed by atoms with Crippen molar-refractivity contribution in [3.05, 3.63) is 63.3 Å². The van der Waals surface area contributed by atoms with Crippen LogP contribution in [0.3, 0.4) is 0 Å². The summed E-state index contributed by atoms with van der Waals surface area (Å²) in [6.45, 7) is 0. The molecule has 0 radical (unpaired) electrons. The van der Waals surface area contributed by atoms with Gasteiger partial charge in [-0.3, -0.25) is 4.79 Å². The quantitative estimate of drug-likeness (QED) is 0.874. The zero-order valence-electron chi connectivity index (χ0n) is 9.08. The maximum atomic E-state index is 13.0. The summed E-state index contributed by atoms with van der Waals surface area (Å²) in [6.07, 6.45) is 1.21. The van der Waals surface area contributed by atoms with Gasteiger partial charge in [-0.25, -0.2) is 13.8 Å².